The van der Waals surface area contributed by atoms with Gasteiger partial charge in [-0.15, -0.1) is 12.4 Å². The Balaban J connectivity index is 0.00000204. The lowest BCUT2D eigenvalue weighted by Gasteiger charge is -2.23. The van der Waals surface area contributed by atoms with Crippen LogP contribution in [0.3, 0.4) is 0 Å². The van der Waals surface area contributed by atoms with Crippen LogP contribution in [-0.4, -0.2) is 28.8 Å². The van der Waals surface area contributed by atoms with Gasteiger partial charge in [-0.25, -0.2) is 13.1 Å². The molecule has 2 aliphatic heterocycles. The first-order valence-corrected chi connectivity index (χ1v) is 11.7. The molecule has 1 N–H and O–H groups in total. The first kappa shape index (κ1) is 20.3. The van der Waals surface area contributed by atoms with Gasteiger partial charge in [-0.05, 0) is 60.9 Å². The molecule has 0 spiro atoms. The average molecular weight is 455 g/mol. The van der Waals surface area contributed by atoms with E-state index in [9.17, 15) is 8.42 Å². The number of benzene rings is 2. The molecule has 4 aromatic rings. The zero-order chi connectivity index (χ0) is 20.5. The highest BCUT2D eigenvalue weighted by Gasteiger charge is 2.36. The van der Waals surface area contributed by atoms with Crippen molar-refractivity contribution in [2.45, 2.75) is 41.1 Å². The number of fused-ring (bicyclic) bond motifs is 6. The minimum absolute atomic E-state index is 0. The number of rotatable bonds is 3. The number of sulfone groups is 1. The van der Waals surface area contributed by atoms with Crippen molar-refractivity contribution in [3.63, 3.8) is 0 Å². The SMILES string of the molecule is Cl.Cn1c2c(c3cc(S(=O)(=O)c4cccc(-n5cccn5)c4)ccc31)C1CCC(C2)N1. The summed E-state index contributed by atoms with van der Waals surface area (Å²) < 4.78 is 30.9. The van der Waals surface area contributed by atoms with Crippen LogP contribution in [0.15, 0.2) is 70.7 Å². The molecule has 0 radical (unpaired) electrons. The molecule has 2 bridgehead atoms. The summed E-state index contributed by atoms with van der Waals surface area (Å²) in [6, 6.07) is 15.2. The summed E-state index contributed by atoms with van der Waals surface area (Å²) in [4.78, 5) is 0.611. The fourth-order valence-corrected chi connectivity index (χ4v) is 6.43. The van der Waals surface area contributed by atoms with E-state index in [1.165, 1.54) is 17.7 Å². The van der Waals surface area contributed by atoms with Crippen molar-refractivity contribution in [3.05, 3.63) is 72.2 Å². The Morgan fingerprint density at radius 2 is 1.90 bits per heavy atom. The molecule has 4 heterocycles. The number of aryl methyl sites for hydroxylation is 1. The highest BCUT2D eigenvalue weighted by Crippen LogP contribution is 2.42. The highest BCUT2D eigenvalue weighted by molar-refractivity contribution is 7.91. The predicted octanol–water partition coefficient (Wildman–Crippen LogP) is 3.97. The van der Waals surface area contributed by atoms with E-state index in [1.54, 1.807) is 41.3 Å². The van der Waals surface area contributed by atoms with Crippen molar-refractivity contribution in [2.24, 2.45) is 7.05 Å². The fourth-order valence-electron chi connectivity index (χ4n) is 5.10. The van der Waals surface area contributed by atoms with Crippen molar-refractivity contribution in [3.8, 4) is 5.69 Å². The maximum Gasteiger partial charge on any atom is 0.206 e. The lowest BCUT2D eigenvalue weighted by Crippen LogP contribution is -2.32. The summed E-state index contributed by atoms with van der Waals surface area (Å²) in [7, 11) is -1.55. The number of halogens is 1. The van der Waals surface area contributed by atoms with E-state index < -0.39 is 9.84 Å². The highest BCUT2D eigenvalue weighted by atomic mass is 35.5. The molecule has 0 amide bonds. The lowest BCUT2D eigenvalue weighted by atomic mass is 9.99. The van der Waals surface area contributed by atoms with Crippen LogP contribution >= 0.6 is 12.4 Å². The summed E-state index contributed by atoms with van der Waals surface area (Å²) in [5, 5.41) is 8.95. The third kappa shape index (κ3) is 3.03. The Bertz CT molecular complexity index is 1390. The Kier molecular flexibility index (Phi) is 4.73. The summed E-state index contributed by atoms with van der Waals surface area (Å²) in [6.07, 6.45) is 6.77. The first-order valence-electron chi connectivity index (χ1n) is 10.2. The largest absolute Gasteiger partial charge is 0.347 e. The smallest absolute Gasteiger partial charge is 0.206 e. The number of nitrogens with one attached hydrogen (secondary N) is 1. The molecule has 2 aliphatic rings. The van der Waals surface area contributed by atoms with Gasteiger partial charge in [-0.3, -0.25) is 0 Å². The van der Waals surface area contributed by atoms with Gasteiger partial charge in [0.1, 0.15) is 0 Å². The first-order chi connectivity index (χ1) is 14.5. The molecule has 31 heavy (non-hydrogen) atoms. The third-order valence-electron chi connectivity index (χ3n) is 6.57. The number of aromatic nitrogens is 3. The van der Waals surface area contributed by atoms with Gasteiger partial charge in [0, 0.05) is 54.5 Å². The van der Waals surface area contributed by atoms with E-state index in [0.717, 1.165) is 29.4 Å². The molecule has 6 rings (SSSR count). The molecule has 6 nitrogen and oxygen atoms in total. The van der Waals surface area contributed by atoms with E-state index in [-0.39, 0.29) is 17.3 Å². The Morgan fingerprint density at radius 3 is 2.71 bits per heavy atom. The maximum atomic E-state index is 13.5. The second-order valence-corrected chi connectivity index (χ2v) is 10.2. The van der Waals surface area contributed by atoms with E-state index in [4.69, 9.17) is 0 Å². The molecule has 2 unspecified atom stereocenters. The summed E-state index contributed by atoms with van der Waals surface area (Å²) >= 11 is 0. The topological polar surface area (TPSA) is 68.9 Å². The molecular weight excluding hydrogens is 432 g/mol. The normalized spacial score (nSPS) is 19.9. The van der Waals surface area contributed by atoms with Crippen molar-refractivity contribution in [1.29, 1.82) is 0 Å². The standard InChI is InChI=1S/C23H22N4O2S.ClH/c1-26-21-9-7-18(14-19(21)23-20-8-6-15(25-20)12-22(23)26)30(28,29)17-5-2-4-16(13-17)27-11-3-10-24-27;/h2-5,7,9-11,13-15,20,25H,6,8,12H2,1H3;1H. The molecule has 0 aliphatic carbocycles. The van der Waals surface area contributed by atoms with E-state index in [1.807, 2.05) is 24.3 Å². The van der Waals surface area contributed by atoms with E-state index >= 15 is 0 Å². The Morgan fingerprint density at radius 1 is 1.06 bits per heavy atom. The predicted molar refractivity (Wildman–Crippen MR) is 122 cm³/mol. The zero-order valence-corrected chi connectivity index (χ0v) is 18.7. The van der Waals surface area contributed by atoms with Gasteiger partial charge in [0.2, 0.25) is 9.84 Å². The molecule has 1 fully saturated rings. The lowest BCUT2D eigenvalue weighted by molar-refractivity contribution is 0.503. The van der Waals surface area contributed by atoms with Gasteiger partial charge in [-0.1, -0.05) is 6.07 Å². The molecule has 8 heteroatoms. The van der Waals surface area contributed by atoms with Crippen LogP contribution in [0.2, 0.25) is 0 Å². The third-order valence-corrected chi connectivity index (χ3v) is 8.32. The molecule has 160 valence electrons. The minimum Gasteiger partial charge on any atom is -0.347 e. The monoisotopic (exact) mass is 454 g/mol. The molecule has 2 aromatic heterocycles. The van der Waals surface area contributed by atoms with Gasteiger partial charge in [-0.2, -0.15) is 5.10 Å². The summed E-state index contributed by atoms with van der Waals surface area (Å²) in [6.45, 7) is 0. The quantitative estimate of drug-likeness (QED) is 0.508. The minimum atomic E-state index is -3.65. The molecule has 1 saturated heterocycles. The van der Waals surface area contributed by atoms with Crippen LogP contribution < -0.4 is 5.32 Å². The van der Waals surface area contributed by atoms with Gasteiger partial charge in [0.25, 0.3) is 0 Å². The van der Waals surface area contributed by atoms with Gasteiger partial charge < -0.3 is 9.88 Å². The average Bonchev–Trinajstić information content (AvgIpc) is 3.48. The molecule has 2 atom stereocenters. The van der Waals surface area contributed by atoms with Crippen LogP contribution in [0.5, 0.6) is 0 Å². The van der Waals surface area contributed by atoms with Crippen LogP contribution in [-0.2, 0) is 23.3 Å². The number of hydrogen-bond donors (Lipinski definition) is 1. The molecular formula is C23H23ClN4O2S. The molecule has 0 saturated carbocycles. The van der Waals surface area contributed by atoms with E-state index in [0.29, 0.717) is 17.0 Å². The van der Waals surface area contributed by atoms with Gasteiger partial charge in [0.15, 0.2) is 0 Å². The van der Waals surface area contributed by atoms with Crippen LogP contribution in [0.25, 0.3) is 16.6 Å². The second kappa shape index (κ2) is 7.22. The maximum absolute atomic E-state index is 13.5. The number of hydrogen-bond acceptors (Lipinski definition) is 4. The summed E-state index contributed by atoms with van der Waals surface area (Å²) in [5.74, 6) is 0. The van der Waals surface area contributed by atoms with Gasteiger partial charge >= 0.3 is 0 Å². The van der Waals surface area contributed by atoms with Crippen LogP contribution in [0, 0.1) is 0 Å². The Labute approximate surface area is 187 Å². The van der Waals surface area contributed by atoms with Crippen LogP contribution in [0.1, 0.15) is 30.1 Å². The zero-order valence-electron chi connectivity index (χ0n) is 17.0. The summed E-state index contributed by atoms with van der Waals surface area (Å²) in [5.41, 5.74) is 4.44. The number of nitrogens with zero attached hydrogens (tertiary/aromatic N) is 3. The van der Waals surface area contributed by atoms with E-state index in [2.05, 4.69) is 22.0 Å². The second-order valence-electron chi connectivity index (χ2n) is 8.25. The Hall–Kier alpha value is -2.61. The molecule has 2 aromatic carbocycles. The van der Waals surface area contributed by atoms with Crippen molar-refractivity contribution in [2.75, 3.05) is 0 Å². The van der Waals surface area contributed by atoms with Crippen molar-refractivity contribution < 1.29 is 8.42 Å². The van der Waals surface area contributed by atoms with Gasteiger partial charge in [0.05, 0.1) is 15.5 Å². The fraction of sp³-hybridized carbons (Fsp3) is 0.261. The van der Waals surface area contributed by atoms with Crippen molar-refractivity contribution >= 4 is 33.1 Å². The van der Waals surface area contributed by atoms with Crippen LogP contribution in [0.4, 0.5) is 0 Å². The van der Waals surface area contributed by atoms with Crippen molar-refractivity contribution in [1.82, 2.24) is 19.7 Å².